The molecule has 1 N–H and O–H groups in total. The van der Waals surface area contributed by atoms with Crippen LogP contribution in [0.1, 0.15) is 12.8 Å². The van der Waals surface area contributed by atoms with E-state index in [0.717, 1.165) is 25.2 Å². The largest absolute Gasteiger partial charge is 0.497 e. The monoisotopic (exact) mass is 382 g/mol. The van der Waals surface area contributed by atoms with Gasteiger partial charge in [-0.3, -0.25) is 4.79 Å². The Kier molecular flexibility index (Phi) is 4.96. The van der Waals surface area contributed by atoms with Crippen LogP contribution in [0.25, 0.3) is 5.65 Å². The van der Waals surface area contributed by atoms with Gasteiger partial charge in [-0.15, -0.1) is 15.3 Å². The lowest BCUT2D eigenvalue weighted by molar-refractivity contribution is -0.120. The molecule has 3 heterocycles. The number of anilines is 2. The highest BCUT2D eigenvalue weighted by Crippen LogP contribution is 2.30. The van der Waals surface area contributed by atoms with Gasteiger partial charge < -0.3 is 19.7 Å². The number of nitrogens with one attached hydrogen (secondary N) is 1. The maximum atomic E-state index is 12.9. The van der Waals surface area contributed by atoms with Gasteiger partial charge in [-0.2, -0.15) is 4.52 Å². The maximum absolute atomic E-state index is 12.9. The second-order valence-electron chi connectivity index (χ2n) is 6.67. The standard InChI is InChI=1S/C19H22N6O3/c1-27-14-5-6-15(16(10-14)28-2)21-19(26)13-4-3-9-24(11-13)18-8-7-17-22-20-12-25(17)23-18/h5-8,10,12-13H,3-4,9,11H2,1-2H3,(H,21,26)/t13-/m0/s1. The number of carbonyl (C=O) groups excluding carboxylic acids is 1. The number of fused-ring (bicyclic) bond motifs is 1. The molecule has 146 valence electrons. The number of methoxy groups -OCH3 is 2. The summed E-state index contributed by atoms with van der Waals surface area (Å²) < 4.78 is 12.2. The van der Waals surface area contributed by atoms with Crippen molar-refractivity contribution in [2.45, 2.75) is 12.8 Å². The van der Waals surface area contributed by atoms with E-state index in [1.807, 2.05) is 12.1 Å². The molecule has 1 fully saturated rings. The van der Waals surface area contributed by atoms with E-state index < -0.39 is 0 Å². The van der Waals surface area contributed by atoms with Gasteiger partial charge in [-0.05, 0) is 37.1 Å². The third-order valence-electron chi connectivity index (χ3n) is 4.93. The molecule has 28 heavy (non-hydrogen) atoms. The molecule has 3 aromatic rings. The Hall–Kier alpha value is -3.36. The van der Waals surface area contributed by atoms with Crippen LogP contribution in [0, 0.1) is 5.92 Å². The summed E-state index contributed by atoms with van der Waals surface area (Å²) in [5.41, 5.74) is 1.33. The number of hydrogen-bond donors (Lipinski definition) is 1. The molecule has 9 nitrogen and oxygen atoms in total. The van der Waals surface area contributed by atoms with Gasteiger partial charge in [0.15, 0.2) is 5.65 Å². The van der Waals surface area contributed by atoms with Crippen LogP contribution >= 0.6 is 0 Å². The predicted molar refractivity (Wildman–Crippen MR) is 104 cm³/mol. The number of carbonyl (C=O) groups is 1. The maximum Gasteiger partial charge on any atom is 0.229 e. The van der Waals surface area contributed by atoms with Crippen LogP contribution in [-0.2, 0) is 4.79 Å². The second-order valence-corrected chi connectivity index (χ2v) is 6.67. The van der Waals surface area contributed by atoms with Gasteiger partial charge in [0.1, 0.15) is 23.6 Å². The summed E-state index contributed by atoms with van der Waals surface area (Å²) in [5, 5.41) is 15.3. The number of aromatic nitrogens is 4. The Morgan fingerprint density at radius 1 is 1.21 bits per heavy atom. The number of amides is 1. The molecule has 0 bridgehead atoms. The van der Waals surface area contributed by atoms with Crippen molar-refractivity contribution in [3.63, 3.8) is 0 Å². The third kappa shape index (κ3) is 3.55. The van der Waals surface area contributed by atoms with Crippen molar-refractivity contribution in [3.8, 4) is 11.5 Å². The molecule has 0 spiro atoms. The number of nitrogens with zero attached hydrogens (tertiary/aromatic N) is 5. The summed E-state index contributed by atoms with van der Waals surface area (Å²) in [4.78, 5) is 15.0. The molecule has 1 amide bonds. The van der Waals surface area contributed by atoms with E-state index in [9.17, 15) is 4.79 Å². The molecule has 0 unspecified atom stereocenters. The summed E-state index contributed by atoms with van der Waals surface area (Å²) in [7, 11) is 3.16. The Morgan fingerprint density at radius 3 is 2.93 bits per heavy atom. The van der Waals surface area contributed by atoms with Gasteiger partial charge in [0.2, 0.25) is 5.91 Å². The molecule has 0 saturated carbocycles. The fraction of sp³-hybridized carbons (Fsp3) is 0.368. The van der Waals surface area contributed by atoms with E-state index in [2.05, 4.69) is 25.5 Å². The first kappa shape index (κ1) is 18.0. The number of hydrogen-bond acceptors (Lipinski definition) is 7. The van der Waals surface area contributed by atoms with Crippen LogP contribution in [0.4, 0.5) is 11.5 Å². The first-order valence-corrected chi connectivity index (χ1v) is 9.13. The minimum absolute atomic E-state index is 0.0291. The summed E-state index contributed by atoms with van der Waals surface area (Å²) in [6.45, 7) is 1.46. The molecule has 9 heteroatoms. The van der Waals surface area contributed by atoms with E-state index in [0.29, 0.717) is 29.4 Å². The predicted octanol–water partition coefficient (Wildman–Crippen LogP) is 2.00. The molecule has 2 aromatic heterocycles. The summed E-state index contributed by atoms with van der Waals surface area (Å²) >= 11 is 0. The van der Waals surface area contributed by atoms with E-state index in [4.69, 9.17) is 9.47 Å². The minimum atomic E-state index is -0.140. The van der Waals surface area contributed by atoms with Crippen molar-refractivity contribution < 1.29 is 14.3 Å². The minimum Gasteiger partial charge on any atom is -0.497 e. The molecular weight excluding hydrogens is 360 g/mol. The first-order chi connectivity index (χ1) is 13.7. The molecule has 1 aliphatic heterocycles. The zero-order valence-electron chi connectivity index (χ0n) is 15.8. The van der Waals surface area contributed by atoms with Gasteiger partial charge in [0, 0.05) is 19.2 Å². The zero-order valence-corrected chi connectivity index (χ0v) is 15.8. The lowest BCUT2D eigenvalue weighted by atomic mass is 9.97. The Bertz CT molecular complexity index is 989. The fourth-order valence-electron chi connectivity index (χ4n) is 3.42. The molecular formula is C19H22N6O3. The van der Waals surface area contributed by atoms with Gasteiger partial charge in [-0.1, -0.05) is 0 Å². The van der Waals surface area contributed by atoms with E-state index in [-0.39, 0.29) is 11.8 Å². The second kappa shape index (κ2) is 7.71. The molecule has 1 aromatic carbocycles. The van der Waals surface area contributed by atoms with Gasteiger partial charge >= 0.3 is 0 Å². The van der Waals surface area contributed by atoms with Crippen LogP contribution in [0.2, 0.25) is 0 Å². The molecule has 1 atom stereocenters. The lowest BCUT2D eigenvalue weighted by Gasteiger charge is -2.32. The zero-order chi connectivity index (χ0) is 19.5. The highest BCUT2D eigenvalue weighted by atomic mass is 16.5. The molecule has 0 radical (unpaired) electrons. The molecule has 1 aliphatic rings. The van der Waals surface area contributed by atoms with Crippen LogP contribution in [0.15, 0.2) is 36.7 Å². The summed E-state index contributed by atoms with van der Waals surface area (Å²) in [5.74, 6) is 1.89. The number of piperidine rings is 1. The van der Waals surface area contributed by atoms with Crippen molar-refractivity contribution in [2.24, 2.45) is 5.92 Å². The first-order valence-electron chi connectivity index (χ1n) is 9.13. The molecule has 4 rings (SSSR count). The lowest BCUT2D eigenvalue weighted by Crippen LogP contribution is -2.41. The van der Waals surface area contributed by atoms with Crippen LogP contribution in [0.3, 0.4) is 0 Å². The Labute approximate surface area is 162 Å². The summed E-state index contributed by atoms with van der Waals surface area (Å²) in [6.07, 6.45) is 3.32. The average Bonchev–Trinajstić information content (AvgIpc) is 3.22. The summed E-state index contributed by atoms with van der Waals surface area (Å²) in [6, 6.07) is 9.13. The van der Waals surface area contributed by atoms with Crippen molar-refractivity contribution in [2.75, 3.05) is 37.5 Å². The SMILES string of the molecule is COc1ccc(NC(=O)[C@H]2CCCN(c3ccc4nncn4n3)C2)c(OC)c1. The van der Waals surface area contributed by atoms with Gasteiger partial charge in [0.05, 0.1) is 25.8 Å². The van der Waals surface area contributed by atoms with Gasteiger partial charge in [0.25, 0.3) is 0 Å². The Balaban J connectivity index is 1.47. The quantitative estimate of drug-likeness (QED) is 0.721. The van der Waals surface area contributed by atoms with E-state index >= 15 is 0 Å². The third-order valence-corrected chi connectivity index (χ3v) is 4.93. The van der Waals surface area contributed by atoms with Gasteiger partial charge in [-0.25, -0.2) is 0 Å². The van der Waals surface area contributed by atoms with Crippen LogP contribution < -0.4 is 19.7 Å². The average molecular weight is 382 g/mol. The topological polar surface area (TPSA) is 93.9 Å². The van der Waals surface area contributed by atoms with E-state index in [1.54, 1.807) is 43.3 Å². The van der Waals surface area contributed by atoms with Crippen molar-refractivity contribution in [1.82, 2.24) is 19.8 Å². The van der Waals surface area contributed by atoms with Crippen molar-refractivity contribution >= 4 is 23.1 Å². The number of rotatable bonds is 5. The Morgan fingerprint density at radius 2 is 2.11 bits per heavy atom. The highest BCUT2D eigenvalue weighted by Gasteiger charge is 2.27. The number of benzene rings is 1. The van der Waals surface area contributed by atoms with E-state index in [1.165, 1.54) is 0 Å². The molecule has 1 saturated heterocycles. The molecule has 0 aliphatic carbocycles. The van der Waals surface area contributed by atoms with Crippen molar-refractivity contribution in [3.05, 3.63) is 36.7 Å². The normalized spacial score (nSPS) is 16.8. The van der Waals surface area contributed by atoms with Crippen LogP contribution in [-0.4, -0.2) is 53.0 Å². The van der Waals surface area contributed by atoms with Crippen molar-refractivity contribution in [1.29, 1.82) is 0 Å². The van der Waals surface area contributed by atoms with Crippen LogP contribution in [0.5, 0.6) is 11.5 Å². The number of ether oxygens (including phenoxy) is 2. The highest BCUT2D eigenvalue weighted by molar-refractivity contribution is 5.94. The fourth-order valence-corrected chi connectivity index (χ4v) is 3.42. The smallest absolute Gasteiger partial charge is 0.229 e.